The zero-order valence-electron chi connectivity index (χ0n) is 10.1. The molecule has 84 valence electrons. The Morgan fingerprint density at radius 1 is 1.25 bits per heavy atom. The molecule has 1 aromatic carbocycles. The van der Waals surface area contributed by atoms with Crippen molar-refractivity contribution in [3.05, 3.63) is 42.0 Å². The van der Waals surface area contributed by atoms with E-state index in [-0.39, 0.29) is 6.61 Å². The number of benzene rings is 1. The third kappa shape index (κ3) is 4.48. The smallest absolute Gasteiger partial charge is 0.129 e. The number of aliphatic hydroxyl groups excluding tert-OH is 1. The quantitative estimate of drug-likeness (QED) is 0.612. The molecule has 0 atom stereocenters. The fourth-order valence-electron chi connectivity index (χ4n) is 1.21. The van der Waals surface area contributed by atoms with Gasteiger partial charge in [-0.3, -0.25) is 0 Å². The van der Waals surface area contributed by atoms with Gasteiger partial charge in [0.15, 0.2) is 0 Å². The Bertz CT molecular complexity index is 416. The van der Waals surface area contributed by atoms with Gasteiger partial charge in [-0.05, 0) is 17.2 Å². The highest BCUT2D eigenvalue weighted by Gasteiger charge is 2.06. The molecule has 2 heteroatoms. The lowest BCUT2D eigenvalue weighted by Crippen LogP contribution is -2.16. The van der Waals surface area contributed by atoms with Crippen molar-refractivity contribution in [2.45, 2.75) is 19.6 Å². The van der Waals surface area contributed by atoms with Crippen LogP contribution in [0.2, 0.25) is 19.6 Å². The van der Waals surface area contributed by atoms with Gasteiger partial charge in [0.05, 0.1) is 6.61 Å². The Morgan fingerprint density at radius 2 is 1.88 bits per heavy atom. The summed E-state index contributed by atoms with van der Waals surface area (Å²) in [5.41, 5.74) is 5.18. The predicted octanol–water partition coefficient (Wildman–Crippen LogP) is 2.94. The van der Waals surface area contributed by atoms with Gasteiger partial charge in [-0.15, -0.1) is 5.54 Å². The summed E-state index contributed by atoms with van der Waals surface area (Å²) in [6.07, 6.45) is 1.83. The SMILES string of the molecule is C[Si](C)(C)C#C/C=C(\CO)c1ccccc1. The molecule has 1 N–H and O–H groups in total. The fourth-order valence-corrected chi connectivity index (χ4v) is 1.72. The van der Waals surface area contributed by atoms with Crippen molar-refractivity contribution in [3.63, 3.8) is 0 Å². The summed E-state index contributed by atoms with van der Waals surface area (Å²) in [4.78, 5) is 0. The summed E-state index contributed by atoms with van der Waals surface area (Å²) in [5, 5.41) is 9.28. The first-order chi connectivity index (χ1) is 7.53. The molecule has 0 amide bonds. The molecule has 0 spiro atoms. The van der Waals surface area contributed by atoms with Crippen LogP contribution < -0.4 is 0 Å². The lowest BCUT2D eigenvalue weighted by Gasteiger charge is -2.04. The Balaban J connectivity index is 2.91. The van der Waals surface area contributed by atoms with Gasteiger partial charge in [0.25, 0.3) is 0 Å². The van der Waals surface area contributed by atoms with Crippen LogP contribution >= 0.6 is 0 Å². The van der Waals surface area contributed by atoms with Crippen LogP contribution in [0.3, 0.4) is 0 Å². The van der Waals surface area contributed by atoms with Crippen molar-refractivity contribution in [3.8, 4) is 11.5 Å². The predicted molar refractivity (Wildman–Crippen MR) is 72.6 cm³/mol. The molecule has 1 aromatic rings. The van der Waals surface area contributed by atoms with E-state index in [1.807, 2.05) is 36.4 Å². The number of rotatable bonds is 2. The van der Waals surface area contributed by atoms with Crippen LogP contribution in [0, 0.1) is 11.5 Å². The zero-order chi connectivity index (χ0) is 12.0. The minimum Gasteiger partial charge on any atom is -0.392 e. The summed E-state index contributed by atoms with van der Waals surface area (Å²) >= 11 is 0. The molecule has 0 heterocycles. The lowest BCUT2D eigenvalue weighted by atomic mass is 10.1. The summed E-state index contributed by atoms with van der Waals surface area (Å²) in [7, 11) is -1.33. The largest absolute Gasteiger partial charge is 0.392 e. The highest BCUT2D eigenvalue weighted by molar-refractivity contribution is 6.83. The number of hydrogen-bond donors (Lipinski definition) is 1. The first kappa shape index (κ1) is 12.8. The first-order valence-corrected chi connectivity index (χ1v) is 8.91. The Morgan fingerprint density at radius 3 is 2.38 bits per heavy atom. The molecule has 1 nitrogen and oxygen atoms in total. The van der Waals surface area contributed by atoms with Crippen molar-refractivity contribution in [2.24, 2.45) is 0 Å². The van der Waals surface area contributed by atoms with E-state index in [9.17, 15) is 5.11 Å². The number of aliphatic hydroxyl groups is 1. The number of allylic oxidation sites excluding steroid dienone is 1. The Hall–Kier alpha value is -1.30. The summed E-state index contributed by atoms with van der Waals surface area (Å²) in [5.74, 6) is 3.06. The van der Waals surface area contributed by atoms with Gasteiger partial charge >= 0.3 is 0 Å². The van der Waals surface area contributed by atoms with Crippen molar-refractivity contribution >= 4 is 13.6 Å². The van der Waals surface area contributed by atoms with E-state index >= 15 is 0 Å². The van der Waals surface area contributed by atoms with Gasteiger partial charge < -0.3 is 5.11 Å². The Labute approximate surface area is 98.8 Å². The van der Waals surface area contributed by atoms with Crippen LogP contribution in [0.4, 0.5) is 0 Å². The average Bonchev–Trinajstić information content (AvgIpc) is 2.24. The molecule has 0 bridgehead atoms. The molecule has 0 unspecified atom stereocenters. The molecule has 16 heavy (non-hydrogen) atoms. The molecule has 0 aliphatic rings. The van der Waals surface area contributed by atoms with E-state index in [2.05, 4.69) is 31.1 Å². The van der Waals surface area contributed by atoms with E-state index < -0.39 is 8.07 Å². The van der Waals surface area contributed by atoms with Gasteiger partial charge in [0.1, 0.15) is 8.07 Å². The molecule has 0 saturated heterocycles. The third-order valence-electron chi connectivity index (χ3n) is 2.01. The molecular weight excluding hydrogens is 212 g/mol. The van der Waals surface area contributed by atoms with E-state index in [1.165, 1.54) is 0 Å². The normalized spacial score (nSPS) is 11.9. The minimum absolute atomic E-state index is 0.0321. The first-order valence-electron chi connectivity index (χ1n) is 5.41. The van der Waals surface area contributed by atoms with Crippen LogP contribution in [0.25, 0.3) is 5.57 Å². The van der Waals surface area contributed by atoms with Crippen LogP contribution in [-0.2, 0) is 0 Å². The number of hydrogen-bond acceptors (Lipinski definition) is 1. The monoisotopic (exact) mass is 230 g/mol. The Kier molecular flexibility index (Phi) is 4.54. The van der Waals surface area contributed by atoms with Crippen LogP contribution in [0.15, 0.2) is 36.4 Å². The lowest BCUT2D eigenvalue weighted by molar-refractivity contribution is 0.350. The van der Waals surface area contributed by atoms with Crippen LogP contribution in [0.5, 0.6) is 0 Å². The summed E-state index contributed by atoms with van der Waals surface area (Å²) < 4.78 is 0. The maximum absolute atomic E-state index is 9.28. The zero-order valence-corrected chi connectivity index (χ0v) is 11.1. The maximum Gasteiger partial charge on any atom is 0.129 e. The molecule has 0 radical (unpaired) electrons. The van der Waals surface area contributed by atoms with Crippen molar-refractivity contribution in [2.75, 3.05) is 6.61 Å². The van der Waals surface area contributed by atoms with E-state index in [0.29, 0.717) is 0 Å². The molecule has 0 fully saturated rings. The molecular formula is C14H18OSi. The van der Waals surface area contributed by atoms with E-state index in [4.69, 9.17) is 0 Å². The van der Waals surface area contributed by atoms with Crippen molar-refractivity contribution in [1.29, 1.82) is 0 Å². The average molecular weight is 230 g/mol. The van der Waals surface area contributed by atoms with Crippen LogP contribution in [0.1, 0.15) is 5.56 Å². The fraction of sp³-hybridized carbons (Fsp3) is 0.286. The van der Waals surface area contributed by atoms with Gasteiger partial charge in [0.2, 0.25) is 0 Å². The molecule has 0 aromatic heterocycles. The van der Waals surface area contributed by atoms with Crippen molar-refractivity contribution < 1.29 is 5.11 Å². The third-order valence-corrected chi connectivity index (χ3v) is 2.90. The van der Waals surface area contributed by atoms with Crippen molar-refractivity contribution in [1.82, 2.24) is 0 Å². The molecule has 1 rings (SSSR count). The second kappa shape index (κ2) is 5.69. The highest BCUT2D eigenvalue weighted by atomic mass is 28.3. The molecule has 0 aliphatic heterocycles. The minimum atomic E-state index is -1.33. The molecule has 0 saturated carbocycles. The molecule has 0 aliphatic carbocycles. The van der Waals surface area contributed by atoms with Gasteiger partial charge in [-0.25, -0.2) is 0 Å². The highest BCUT2D eigenvalue weighted by Crippen LogP contribution is 2.12. The van der Waals surface area contributed by atoms with Gasteiger partial charge in [0, 0.05) is 0 Å². The second-order valence-corrected chi connectivity index (χ2v) is 9.46. The summed E-state index contributed by atoms with van der Waals surface area (Å²) in [6, 6.07) is 9.86. The van der Waals surface area contributed by atoms with Gasteiger partial charge in [-0.2, -0.15) is 0 Å². The van der Waals surface area contributed by atoms with E-state index in [0.717, 1.165) is 11.1 Å². The second-order valence-electron chi connectivity index (χ2n) is 4.71. The summed E-state index contributed by atoms with van der Waals surface area (Å²) in [6.45, 7) is 6.64. The van der Waals surface area contributed by atoms with E-state index in [1.54, 1.807) is 0 Å². The topological polar surface area (TPSA) is 20.2 Å². The van der Waals surface area contributed by atoms with Gasteiger partial charge in [-0.1, -0.05) is 55.9 Å². The van der Waals surface area contributed by atoms with Crippen LogP contribution in [-0.4, -0.2) is 19.8 Å². The maximum atomic E-state index is 9.28. The standard InChI is InChI=1S/C14H18OSi/c1-16(2,3)11-7-10-14(12-15)13-8-5-4-6-9-13/h4-6,8-10,15H,12H2,1-3H3/b14-10+.